The van der Waals surface area contributed by atoms with Crippen molar-refractivity contribution < 1.29 is 0 Å². The number of fused-ring (bicyclic) bond motifs is 7. The van der Waals surface area contributed by atoms with Crippen molar-refractivity contribution in [3.8, 4) is 56.4 Å². The van der Waals surface area contributed by atoms with Crippen LogP contribution in [-0.2, 0) is 21.7 Å². The maximum Gasteiger partial charge on any atom is 0.160 e. The molecule has 1 aliphatic heterocycles. The third-order valence-corrected chi connectivity index (χ3v) is 19.2. The van der Waals surface area contributed by atoms with Gasteiger partial charge < -0.3 is 14.0 Å². The van der Waals surface area contributed by atoms with E-state index in [-0.39, 0.29) is 32.6 Å². The molecule has 0 radical (unpaired) electrons. The van der Waals surface area contributed by atoms with E-state index in [0.29, 0.717) is 5.82 Å². The first-order valence-electron chi connectivity index (χ1n) is 30.8. The summed E-state index contributed by atoms with van der Waals surface area (Å²) in [6.07, 6.45) is 8.71. The third kappa shape index (κ3) is 8.32. The van der Waals surface area contributed by atoms with E-state index < -0.39 is 0 Å². The molecule has 3 aromatic heterocycles. The van der Waals surface area contributed by atoms with E-state index in [1.54, 1.807) is 0 Å². The summed E-state index contributed by atoms with van der Waals surface area (Å²) < 4.78 is 5.23. The normalized spacial score (nSPS) is 17.6. The third-order valence-electron chi connectivity index (χ3n) is 19.2. The number of hydrogen-bond donors (Lipinski definition) is 0. The second-order valence-electron chi connectivity index (χ2n) is 28.9. The first-order chi connectivity index (χ1) is 41.1. The van der Waals surface area contributed by atoms with Gasteiger partial charge in [0.15, 0.2) is 5.82 Å². The van der Waals surface area contributed by atoms with Gasteiger partial charge in [-0.2, -0.15) is 0 Å². The first kappa shape index (κ1) is 53.7. The highest BCUT2D eigenvalue weighted by Gasteiger charge is 2.75. The summed E-state index contributed by atoms with van der Waals surface area (Å²) in [6, 6.07) is 77.2. The standard InChI is InChI=1S/C81H75N5/c1-76(2,3)56-35-38-69-62(45-56)63-46-57(77(4,5)6)36-39-70(63)84(69)72-43-55(51-31-33-53(34-32-51)66-48-65(52-23-15-13-16-24-52)82-75(83-66)54-25-17-14-18-26-54)44-73(74(72)85-67-29-21-19-27-60(67)61-28-20-22-30-68(61)85)86-71-40-37-58(78(7,8)9)47-64(71)80-49-59(79(10,11)12)41-42-81(80,86)50-80/h13-49H,50H2,1-12H3. The number of nitrogens with zero attached hydrogens (tertiary/aromatic N) is 5. The highest BCUT2D eigenvalue weighted by molar-refractivity contribution is 6.13. The second kappa shape index (κ2) is 18.7. The average molecular weight is 1120 g/mol. The second-order valence-corrected chi connectivity index (χ2v) is 28.9. The van der Waals surface area contributed by atoms with E-state index in [2.05, 4.69) is 316 Å². The molecule has 4 heterocycles. The Kier molecular flexibility index (Phi) is 11.7. The van der Waals surface area contributed by atoms with Crippen molar-refractivity contribution >= 4 is 55.0 Å². The summed E-state index contributed by atoms with van der Waals surface area (Å²) in [6.45, 7) is 28.2. The van der Waals surface area contributed by atoms with Crippen molar-refractivity contribution in [3.63, 3.8) is 0 Å². The van der Waals surface area contributed by atoms with Crippen LogP contribution in [0, 0.1) is 5.41 Å². The van der Waals surface area contributed by atoms with Crippen LogP contribution in [0.1, 0.15) is 112 Å². The van der Waals surface area contributed by atoms with Gasteiger partial charge in [0.25, 0.3) is 0 Å². The van der Waals surface area contributed by atoms with Crippen molar-refractivity contribution in [2.75, 3.05) is 4.90 Å². The molecule has 0 N–H and O–H groups in total. The molecule has 0 amide bonds. The van der Waals surface area contributed by atoms with Crippen molar-refractivity contribution in [1.82, 2.24) is 19.1 Å². The van der Waals surface area contributed by atoms with E-state index in [1.165, 1.54) is 77.1 Å². The van der Waals surface area contributed by atoms with Crippen molar-refractivity contribution in [2.45, 2.75) is 117 Å². The minimum absolute atomic E-state index is 0.0309. The molecule has 2 aliphatic carbocycles. The smallest absolute Gasteiger partial charge is 0.160 e. The summed E-state index contributed by atoms with van der Waals surface area (Å²) >= 11 is 0. The monoisotopic (exact) mass is 1120 g/mol. The number of allylic oxidation sites excluding steroid dienone is 2. The predicted octanol–water partition coefficient (Wildman–Crippen LogP) is 21.3. The molecule has 9 aromatic carbocycles. The zero-order chi connectivity index (χ0) is 59.5. The number of anilines is 2. The molecule has 5 nitrogen and oxygen atoms in total. The molecular weight excluding hydrogens is 1040 g/mol. The number of aromatic nitrogens is 4. The van der Waals surface area contributed by atoms with Gasteiger partial charge in [0.1, 0.15) is 0 Å². The molecule has 0 saturated heterocycles. The van der Waals surface area contributed by atoms with E-state index in [9.17, 15) is 0 Å². The first-order valence-corrected chi connectivity index (χ1v) is 30.8. The zero-order valence-electron chi connectivity index (χ0n) is 51.8. The summed E-state index contributed by atoms with van der Waals surface area (Å²) in [5.41, 5.74) is 22.5. The lowest BCUT2D eigenvalue weighted by Gasteiger charge is -2.35. The van der Waals surface area contributed by atoms with Crippen LogP contribution in [0.15, 0.2) is 230 Å². The van der Waals surface area contributed by atoms with E-state index in [1.807, 2.05) is 6.07 Å². The quantitative estimate of drug-likeness (QED) is 0.160. The van der Waals surface area contributed by atoms with Crippen LogP contribution in [-0.4, -0.2) is 24.6 Å². The largest absolute Gasteiger partial charge is 0.328 e. The van der Waals surface area contributed by atoms with Gasteiger partial charge in [0, 0.05) is 49.3 Å². The van der Waals surface area contributed by atoms with Gasteiger partial charge in [-0.3, -0.25) is 0 Å². The minimum atomic E-state index is -0.363. The van der Waals surface area contributed by atoms with Crippen LogP contribution in [0.4, 0.5) is 11.4 Å². The molecule has 1 saturated carbocycles. The van der Waals surface area contributed by atoms with Gasteiger partial charge in [-0.25, -0.2) is 9.97 Å². The van der Waals surface area contributed by atoms with E-state index in [0.717, 1.165) is 62.7 Å². The van der Waals surface area contributed by atoms with Crippen molar-refractivity contribution in [1.29, 1.82) is 0 Å². The summed E-state index contributed by atoms with van der Waals surface area (Å²) in [4.78, 5) is 13.2. The fourth-order valence-corrected chi connectivity index (χ4v) is 14.3. The number of para-hydroxylation sites is 2. The molecular formula is C81H75N5. The molecule has 1 fully saturated rings. The fraction of sp³-hybridized carbons (Fsp3) is 0.235. The molecule has 0 spiro atoms. The Morgan fingerprint density at radius 1 is 0.372 bits per heavy atom. The van der Waals surface area contributed by atoms with E-state index >= 15 is 0 Å². The van der Waals surface area contributed by atoms with E-state index in [4.69, 9.17) is 9.97 Å². The maximum atomic E-state index is 5.28. The van der Waals surface area contributed by atoms with Gasteiger partial charge in [0.05, 0.1) is 56.1 Å². The van der Waals surface area contributed by atoms with Gasteiger partial charge >= 0.3 is 0 Å². The Balaban J connectivity index is 1.06. The van der Waals surface area contributed by atoms with Crippen LogP contribution in [0.2, 0.25) is 0 Å². The number of benzene rings is 9. The Morgan fingerprint density at radius 2 is 0.849 bits per heavy atom. The zero-order valence-corrected chi connectivity index (χ0v) is 51.8. The molecule has 5 heteroatoms. The minimum Gasteiger partial charge on any atom is -0.328 e. The Hall–Kier alpha value is -9.06. The summed E-state index contributed by atoms with van der Waals surface area (Å²) in [7, 11) is 0. The predicted molar refractivity (Wildman–Crippen MR) is 363 cm³/mol. The number of hydrogen-bond acceptors (Lipinski definition) is 3. The summed E-state index contributed by atoms with van der Waals surface area (Å²) in [5.74, 6) is 0.702. The highest BCUT2D eigenvalue weighted by atomic mass is 15.3. The molecule has 86 heavy (non-hydrogen) atoms. The maximum absolute atomic E-state index is 5.28. The average Bonchev–Trinajstić information content (AvgIpc) is 1.46. The van der Waals surface area contributed by atoms with Gasteiger partial charge in [-0.05, 0) is 128 Å². The highest BCUT2D eigenvalue weighted by Crippen LogP contribution is 2.75. The van der Waals surface area contributed by atoms with Gasteiger partial charge in [-0.1, -0.05) is 247 Å². The molecule has 0 bridgehead atoms. The lowest BCUT2D eigenvalue weighted by atomic mass is 9.77. The Labute approximate surface area is 507 Å². The molecule has 2 atom stereocenters. The van der Waals surface area contributed by atoms with Crippen LogP contribution in [0.25, 0.3) is 100 Å². The fourth-order valence-electron chi connectivity index (χ4n) is 14.3. The number of rotatable bonds is 7. The SMILES string of the molecule is CC(C)(C)C1=CC23CC2(C=C1)N(c1cc(-c2ccc(-c4cc(-c5ccccc5)nc(-c5ccccc5)n4)cc2)cc(-n2c4ccc(C(C)(C)C)cc4c4cc(C(C)(C)C)ccc42)c1-n1c2ccccc2c2ccccc21)c1ccc(C(C)(C)C)cc13. The van der Waals surface area contributed by atoms with Crippen LogP contribution >= 0.6 is 0 Å². The van der Waals surface area contributed by atoms with Crippen LogP contribution in [0.5, 0.6) is 0 Å². The lowest BCUT2D eigenvalue weighted by Crippen LogP contribution is -2.35. The Morgan fingerprint density at radius 3 is 1.41 bits per heavy atom. The van der Waals surface area contributed by atoms with Crippen LogP contribution in [0.3, 0.4) is 0 Å². The van der Waals surface area contributed by atoms with Crippen molar-refractivity contribution in [3.05, 3.63) is 252 Å². The lowest BCUT2D eigenvalue weighted by molar-refractivity contribution is 0.506. The van der Waals surface area contributed by atoms with Gasteiger partial charge in [-0.15, -0.1) is 0 Å². The summed E-state index contributed by atoms with van der Waals surface area (Å²) in [5, 5.41) is 4.98. The molecule has 2 unspecified atom stereocenters. The van der Waals surface area contributed by atoms with Crippen LogP contribution < -0.4 is 4.90 Å². The van der Waals surface area contributed by atoms with Gasteiger partial charge in [0.2, 0.25) is 0 Å². The topological polar surface area (TPSA) is 38.9 Å². The molecule has 3 aliphatic rings. The molecule has 424 valence electrons. The van der Waals surface area contributed by atoms with Crippen molar-refractivity contribution in [2.24, 2.45) is 5.41 Å². The molecule has 12 aromatic rings. The Bertz CT molecular complexity index is 4630. The molecule has 15 rings (SSSR count).